The minimum absolute atomic E-state index is 0.0107. The summed E-state index contributed by atoms with van der Waals surface area (Å²) in [4.78, 5) is 11.2. The van der Waals surface area contributed by atoms with Crippen LogP contribution in [0.2, 0.25) is 0 Å². The minimum Gasteiger partial charge on any atom is -0.461 e. The zero-order chi connectivity index (χ0) is 12.5. The first-order chi connectivity index (χ1) is 8.24. The summed E-state index contributed by atoms with van der Waals surface area (Å²) >= 11 is 0. The number of hydrogen-bond acceptors (Lipinski definition) is 3. The number of esters is 1. The highest BCUT2D eigenvalue weighted by Crippen LogP contribution is 2.16. The number of nitrogens with two attached hydrogens (primary N) is 1. The number of benzene rings is 1. The van der Waals surface area contributed by atoms with Crippen molar-refractivity contribution >= 4 is 5.97 Å². The van der Waals surface area contributed by atoms with Crippen molar-refractivity contribution in [1.29, 1.82) is 0 Å². The largest absolute Gasteiger partial charge is 0.461 e. The Morgan fingerprint density at radius 3 is 2.76 bits per heavy atom. The molecule has 0 aromatic heterocycles. The maximum Gasteiger partial charge on any atom is 0.306 e. The van der Waals surface area contributed by atoms with Crippen LogP contribution in [0.1, 0.15) is 30.9 Å². The summed E-state index contributed by atoms with van der Waals surface area (Å²) in [6.45, 7) is 3.76. The lowest BCUT2D eigenvalue weighted by atomic mass is 10.0. The monoisotopic (exact) mass is 233 g/mol. The van der Waals surface area contributed by atoms with Gasteiger partial charge in [0.25, 0.3) is 0 Å². The molecule has 0 aliphatic carbocycles. The molecule has 0 spiro atoms. The highest BCUT2D eigenvalue weighted by Gasteiger charge is 2.07. The van der Waals surface area contributed by atoms with Gasteiger partial charge in [0.1, 0.15) is 6.61 Å². The summed E-state index contributed by atoms with van der Waals surface area (Å²) in [5.41, 5.74) is 7.12. The number of carbonyl (C=O) groups excluding carboxylic acids is 1. The highest BCUT2D eigenvalue weighted by molar-refractivity contribution is 5.69. The van der Waals surface area contributed by atoms with E-state index in [0.717, 1.165) is 18.4 Å². The van der Waals surface area contributed by atoms with Gasteiger partial charge in [-0.05, 0) is 18.4 Å². The van der Waals surface area contributed by atoms with Crippen molar-refractivity contribution in [1.82, 2.24) is 0 Å². The van der Waals surface area contributed by atoms with Crippen LogP contribution >= 0.6 is 0 Å². The number of rotatable bonds is 7. The van der Waals surface area contributed by atoms with Gasteiger partial charge in [0.15, 0.2) is 0 Å². The minimum atomic E-state index is -0.190. The maximum atomic E-state index is 11.2. The molecule has 0 aliphatic rings. The van der Waals surface area contributed by atoms with Crippen molar-refractivity contribution in [3.8, 4) is 0 Å². The maximum absolute atomic E-state index is 11.2. The third-order valence-electron chi connectivity index (χ3n) is 2.49. The molecule has 0 radical (unpaired) electrons. The van der Waals surface area contributed by atoms with E-state index in [1.54, 1.807) is 6.08 Å². The number of carbonyl (C=O) groups is 1. The van der Waals surface area contributed by atoms with Gasteiger partial charge in [0.05, 0.1) is 0 Å². The second kappa shape index (κ2) is 7.63. The molecular formula is C14H19NO2. The van der Waals surface area contributed by atoms with Crippen molar-refractivity contribution < 1.29 is 9.53 Å². The average Bonchev–Trinajstić information content (AvgIpc) is 2.37. The topological polar surface area (TPSA) is 52.3 Å². The molecule has 92 valence electrons. The molecule has 3 heteroatoms. The molecular weight excluding hydrogens is 214 g/mol. The summed E-state index contributed by atoms with van der Waals surface area (Å²) < 4.78 is 4.88. The van der Waals surface area contributed by atoms with Crippen LogP contribution in [0.4, 0.5) is 0 Å². The van der Waals surface area contributed by atoms with Crippen molar-refractivity contribution in [2.24, 2.45) is 5.73 Å². The molecule has 1 aromatic carbocycles. The fourth-order valence-electron chi connectivity index (χ4n) is 1.56. The zero-order valence-electron chi connectivity index (χ0n) is 9.97. The van der Waals surface area contributed by atoms with Gasteiger partial charge >= 0.3 is 5.97 Å². The standard InChI is InChI=1S/C14H19NO2/c1-2-11-17-14(16)10-6-9-13(15)12-7-4-3-5-8-12/h2-5,7-8,13H,1,6,9-11,15H2. The van der Waals surface area contributed by atoms with E-state index >= 15 is 0 Å². The number of ether oxygens (including phenoxy) is 1. The molecule has 0 heterocycles. The molecule has 1 rings (SSSR count). The Balaban J connectivity index is 2.22. The van der Waals surface area contributed by atoms with Crippen LogP contribution in [0, 0.1) is 0 Å². The fraction of sp³-hybridized carbons (Fsp3) is 0.357. The van der Waals surface area contributed by atoms with E-state index in [0.29, 0.717) is 6.42 Å². The summed E-state index contributed by atoms with van der Waals surface area (Å²) in [5, 5.41) is 0. The predicted octanol–water partition coefficient (Wildman–Crippen LogP) is 2.59. The molecule has 0 saturated heterocycles. The zero-order valence-corrected chi connectivity index (χ0v) is 9.97. The van der Waals surface area contributed by atoms with Crippen LogP contribution in [-0.2, 0) is 9.53 Å². The van der Waals surface area contributed by atoms with Gasteiger partial charge in [-0.25, -0.2) is 0 Å². The third kappa shape index (κ3) is 5.31. The molecule has 0 fully saturated rings. The Labute approximate surface area is 102 Å². The Hall–Kier alpha value is -1.61. The summed E-state index contributed by atoms with van der Waals surface area (Å²) in [6, 6.07) is 9.88. The molecule has 0 bridgehead atoms. The molecule has 1 atom stereocenters. The van der Waals surface area contributed by atoms with Crippen LogP contribution in [0.25, 0.3) is 0 Å². The second-order valence-corrected chi connectivity index (χ2v) is 3.88. The van der Waals surface area contributed by atoms with Crippen molar-refractivity contribution in [3.63, 3.8) is 0 Å². The molecule has 0 aliphatic heterocycles. The lowest BCUT2D eigenvalue weighted by Crippen LogP contribution is -2.11. The fourth-order valence-corrected chi connectivity index (χ4v) is 1.56. The van der Waals surface area contributed by atoms with Gasteiger partial charge in [-0.1, -0.05) is 43.0 Å². The van der Waals surface area contributed by atoms with Crippen LogP contribution < -0.4 is 5.73 Å². The second-order valence-electron chi connectivity index (χ2n) is 3.88. The Bertz CT molecular complexity index is 348. The van der Waals surface area contributed by atoms with Gasteiger partial charge in [-0.15, -0.1) is 0 Å². The normalized spacial score (nSPS) is 11.8. The van der Waals surface area contributed by atoms with Gasteiger partial charge < -0.3 is 10.5 Å². The first kappa shape index (κ1) is 13.5. The van der Waals surface area contributed by atoms with E-state index in [9.17, 15) is 4.79 Å². The third-order valence-corrected chi connectivity index (χ3v) is 2.49. The summed E-state index contributed by atoms with van der Waals surface area (Å²) in [6.07, 6.45) is 3.50. The molecule has 0 amide bonds. The van der Waals surface area contributed by atoms with Crippen LogP contribution in [0.5, 0.6) is 0 Å². The van der Waals surface area contributed by atoms with Crippen molar-refractivity contribution in [3.05, 3.63) is 48.6 Å². The van der Waals surface area contributed by atoms with E-state index in [1.807, 2.05) is 30.3 Å². The first-order valence-electron chi connectivity index (χ1n) is 5.81. The van der Waals surface area contributed by atoms with E-state index in [-0.39, 0.29) is 18.6 Å². The van der Waals surface area contributed by atoms with Crippen molar-refractivity contribution in [2.45, 2.75) is 25.3 Å². The Morgan fingerprint density at radius 1 is 1.41 bits per heavy atom. The molecule has 3 nitrogen and oxygen atoms in total. The van der Waals surface area contributed by atoms with Gasteiger partial charge in [0.2, 0.25) is 0 Å². The number of hydrogen-bond donors (Lipinski definition) is 1. The van der Waals surface area contributed by atoms with Gasteiger partial charge in [-0.2, -0.15) is 0 Å². The lowest BCUT2D eigenvalue weighted by Gasteiger charge is -2.11. The molecule has 1 unspecified atom stereocenters. The van der Waals surface area contributed by atoms with Crippen LogP contribution in [0.15, 0.2) is 43.0 Å². The van der Waals surface area contributed by atoms with Crippen molar-refractivity contribution in [2.75, 3.05) is 6.61 Å². The van der Waals surface area contributed by atoms with Crippen LogP contribution in [-0.4, -0.2) is 12.6 Å². The van der Waals surface area contributed by atoms with Gasteiger partial charge in [-0.3, -0.25) is 4.79 Å². The Morgan fingerprint density at radius 2 is 2.12 bits per heavy atom. The highest BCUT2D eigenvalue weighted by atomic mass is 16.5. The molecule has 1 aromatic rings. The molecule has 17 heavy (non-hydrogen) atoms. The smallest absolute Gasteiger partial charge is 0.306 e. The quantitative estimate of drug-likeness (QED) is 0.581. The van der Waals surface area contributed by atoms with Crippen LogP contribution in [0.3, 0.4) is 0 Å². The molecule has 0 saturated carbocycles. The predicted molar refractivity (Wildman–Crippen MR) is 68.4 cm³/mol. The lowest BCUT2D eigenvalue weighted by molar-refractivity contribution is -0.142. The average molecular weight is 233 g/mol. The summed E-state index contributed by atoms with van der Waals surface area (Å²) in [7, 11) is 0. The van der Waals surface area contributed by atoms with E-state index in [2.05, 4.69) is 6.58 Å². The van der Waals surface area contributed by atoms with E-state index in [1.165, 1.54) is 0 Å². The Kier molecular flexibility index (Phi) is 6.04. The van der Waals surface area contributed by atoms with E-state index < -0.39 is 0 Å². The molecule has 2 N–H and O–H groups in total. The first-order valence-corrected chi connectivity index (χ1v) is 5.81. The SMILES string of the molecule is C=CCOC(=O)CCCC(N)c1ccccc1. The van der Waals surface area contributed by atoms with Gasteiger partial charge in [0, 0.05) is 12.5 Å². The van der Waals surface area contributed by atoms with E-state index in [4.69, 9.17) is 10.5 Å². The summed E-state index contributed by atoms with van der Waals surface area (Å²) in [5.74, 6) is -0.190.